The standard InChI is InChI=1S/C15H10BrClN2S/c16-11-4-1-3-10(7-11)14-9-20-15(19-14)18-13-6-2-5-12(17)8-13/h1-9H,(H,18,19). The van der Waals surface area contributed by atoms with Gasteiger partial charge in [0, 0.05) is 26.1 Å². The molecule has 0 saturated heterocycles. The summed E-state index contributed by atoms with van der Waals surface area (Å²) < 4.78 is 1.05. The second kappa shape index (κ2) is 5.95. The Balaban J connectivity index is 1.84. The van der Waals surface area contributed by atoms with Gasteiger partial charge in [0.15, 0.2) is 5.13 Å². The van der Waals surface area contributed by atoms with E-state index in [1.807, 2.05) is 47.8 Å². The quantitative estimate of drug-likeness (QED) is 0.618. The van der Waals surface area contributed by atoms with Crippen LogP contribution in [0.1, 0.15) is 0 Å². The molecule has 0 amide bonds. The zero-order chi connectivity index (χ0) is 13.9. The summed E-state index contributed by atoms with van der Waals surface area (Å²) in [6.45, 7) is 0. The van der Waals surface area contributed by atoms with Crippen LogP contribution in [-0.4, -0.2) is 4.98 Å². The van der Waals surface area contributed by atoms with Gasteiger partial charge < -0.3 is 5.32 Å². The Kier molecular flexibility index (Phi) is 4.05. The smallest absolute Gasteiger partial charge is 0.187 e. The lowest BCUT2D eigenvalue weighted by Gasteiger charge is -2.02. The van der Waals surface area contributed by atoms with Gasteiger partial charge in [-0.05, 0) is 30.3 Å². The van der Waals surface area contributed by atoms with E-state index in [1.165, 1.54) is 0 Å². The average molecular weight is 366 g/mol. The maximum Gasteiger partial charge on any atom is 0.187 e. The summed E-state index contributed by atoms with van der Waals surface area (Å²) >= 11 is 11.0. The average Bonchev–Trinajstić information content (AvgIpc) is 2.87. The third-order valence-electron chi connectivity index (χ3n) is 2.70. The molecule has 1 aromatic heterocycles. The van der Waals surface area contributed by atoms with E-state index in [4.69, 9.17) is 11.6 Å². The van der Waals surface area contributed by atoms with Crippen LogP contribution in [0.25, 0.3) is 11.3 Å². The van der Waals surface area contributed by atoms with Crippen LogP contribution in [0.3, 0.4) is 0 Å². The first-order valence-corrected chi connectivity index (χ1v) is 8.00. The van der Waals surface area contributed by atoms with Crippen molar-refractivity contribution in [1.29, 1.82) is 0 Å². The lowest BCUT2D eigenvalue weighted by atomic mass is 10.2. The molecule has 0 radical (unpaired) electrons. The molecule has 0 atom stereocenters. The van der Waals surface area contributed by atoms with Crippen LogP contribution in [0.5, 0.6) is 0 Å². The summed E-state index contributed by atoms with van der Waals surface area (Å²) in [7, 11) is 0. The summed E-state index contributed by atoms with van der Waals surface area (Å²) in [6.07, 6.45) is 0. The molecule has 5 heteroatoms. The molecule has 3 aromatic rings. The van der Waals surface area contributed by atoms with Gasteiger partial charge in [0.25, 0.3) is 0 Å². The van der Waals surface area contributed by atoms with E-state index in [0.717, 1.165) is 26.5 Å². The number of halogens is 2. The predicted octanol–water partition coefficient (Wildman–Crippen LogP) is 5.97. The number of rotatable bonds is 3. The van der Waals surface area contributed by atoms with Gasteiger partial charge in [-0.1, -0.05) is 45.7 Å². The lowest BCUT2D eigenvalue weighted by molar-refractivity contribution is 1.38. The van der Waals surface area contributed by atoms with E-state index >= 15 is 0 Å². The van der Waals surface area contributed by atoms with Crippen molar-refractivity contribution in [1.82, 2.24) is 4.98 Å². The largest absolute Gasteiger partial charge is 0.331 e. The van der Waals surface area contributed by atoms with Crippen LogP contribution in [-0.2, 0) is 0 Å². The monoisotopic (exact) mass is 364 g/mol. The van der Waals surface area contributed by atoms with E-state index in [9.17, 15) is 0 Å². The molecule has 0 saturated carbocycles. The Labute approximate surface area is 134 Å². The van der Waals surface area contributed by atoms with E-state index in [-0.39, 0.29) is 0 Å². The molecule has 0 fully saturated rings. The van der Waals surface area contributed by atoms with Crippen LogP contribution < -0.4 is 5.32 Å². The second-order valence-electron chi connectivity index (χ2n) is 4.18. The Morgan fingerprint density at radius 2 is 1.95 bits per heavy atom. The van der Waals surface area contributed by atoms with Gasteiger partial charge in [-0.2, -0.15) is 0 Å². The molecule has 0 aliphatic heterocycles. The number of aromatic nitrogens is 1. The number of benzene rings is 2. The summed E-state index contributed by atoms with van der Waals surface area (Å²) in [6, 6.07) is 15.7. The molecule has 0 spiro atoms. The Morgan fingerprint density at radius 1 is 1.10 bits per heavy atom. The summed E-state index contributed by atoms with van der Waals surface area (Å²) in [5.41, 5.74) is 2.99. The minimum atomic E-state index is 0.707. The zero-order valence-electron chi connectivity index (χ0n) is 10.3. The molecule has 0 unspecified atom stereocenters. The number of anilines is 2. The van der Waals surface area contributed by atoms with Crippen LogP contribution in [0.15, 0.2) is 58.4 Å². The molecule has 3 rings (SSSR count). The van der Waals surface area contributed by atoms with Crippen molar-refractivity contribution < 1.29 is 0 Å². The molecule has 0 aliphatic rings. The van der Waals surface area contributed by atoms with Gasteiger partial charge in [0.2, 0.25) is 0 Å². The fourth-order valence-electron chi connectivity index (χ4n) is 1.80. The Morgan fingerprint density at radius 3 is 2.75 bits per heavy atom. The van der Waals surface area contributed by atoms with Gasteiger partial charge in [0.1, 0.15) is 0 Å². The molecule has 2 aromatic carbocycles. The SMILES string of the molecule is Clc1cccc(Nc2nc(-c3cccc(Br)c3)cs2)c1. The number of hydrogen-bond acceptors (Lipinski definition) is 3. The third kappa shape index (κ3) is 3.20. The lowest BCUT2D eigenvalue weighted by Crippen LogP contribution is -1.89. The predicted molar refractivity (Wildman–Crippen MR) is 90.0 cm³/mol. The van der Waals surface area contributed by atoms with Gasteiger partial charge in [-0.3, -0.25) is 0 Å². The van der Waals surface area contributed by atoms with Crippen molar-refractivity contribution in [2.24, 2.45) is 0 Å². The highest BCUT2D eigenvalue weighted by Crippen LogP contribution is 2.29. The van der Waals surface area contributed by atoms with Gasteiger partial charge in [-0.15, -0.1) is 11.3 Å². The maximum atomic E-state index is 5.97. The molecule has 2 nitrogen and oxygen atoms in total. The molecule has 100 valence electrons. The fourth-order valence-corrected chi connectivity index (χ4v) is 3.13. The van der Waals surface area contributed by atoms with Crippen molar-refractivity contribution in [2.75, 3.05) is 5.32 Å². The minimum Gasteiger partial charge on any atom is -0.331 e. The van der Waals surface area contributed by atoms with E-state index < -0.39 is 0 Å². The number of thiazole rings is 1. The molecule has 1 N–H and O–H groups in total. The van der Waals surface area contributed by atoms with E-state index in [1.54, 1.807) is 11.3 Å². The molecule has 0 aliphatic carbocycles. The minimum absolute atomic E-state index is 0.707. The van der Waals surface area contributed by atoms with Gasteiger partial charge in [-0.25, -0.2) is 4.98 Å². The normalized spacial score (nSPS) is 10.5. The third-order valence-corrected chi connectivity index (χ3v) is 4.19. The molecule has 1 heterocycles. The number of hydrogen-bond donors (Lipinski definition) is 1. The van der Waals surface area contributed by atoms with Crippen LogP contribution in [0.4, 0.5) is 10.8 Å². The topological polar surface area (TPSA) is 24.9 Å². The summed E-state index contributed by atoms with van der Waals surface area (Å²) in [5.74, 6) is 0. The van der Waals surface area contributed by atoms with Crippen LogP contribution in [0.2, 0.25) is 5.02 Å². The number of nitrogens with zero attached hydrogens (tertiary/aromatic N) is 1. The highest BCUT2D eigenvalue weighted by Gasteiger charge is 2.05. The number of nitrogens with one attached hydrogen (secondary N) is 1. The van der Waals surface area contributed by atoms with Crippen molar-refractivity contribution in [3.63, 3.8) is 0 Å². The summed E-state index contributed by atoms with van der Waals surface area (Å²) in [4.78, 5) is 4.59. The molecule has 20 heavy (non-hydrogen) atoms. The zero-order valence-corrected chi connectivity index (χ0v) is 13.5. The maximum absolute atomic E-state index is 5.97. The van der Waals surface area contributed by atoms with Gasteiger partial charge >= 0.3 is 0 Å². The molecule has 0 bridgehead atoms. The van der Waals surface area contributed by atoms with Crippen molar-refractivity contribution in [2.45, 2.75) is 0 Å². The van der Waals surface area contributed by atoms with Gasteiger partial charge in [0.05, 0.1) is 5.69 Å². The first-order chi connectivity index (χ1) is 9.70. The summed E-state index contributed by atoms with van der Waals surface area (Å²) in [5, 5.41) is 6.85. The Hall–Kier alpha value is -1.36. The first-order valence-electron chi connectivity index (χ1n) is 5.95. The van der Waals surface area contributed by atoms with E-state index in [0.29, 0.717) is 5.02 Å². The molecular weight excluding hydrogens is 356 g/mol. The van der Waals surface area contributed by atoms with Crippen molar-refractivity contribution >= 4 is 49.7 Å². The van der Waals surface area contributed by atoms with Crippen LogP contribution in [0, 0.1) is 0 Å². The first kappa shape index (κ1) is 13.6. The highest BCUT2D eigenvalue weighted by molar-refractivity contribution is 9.10. The fraction of sp³-hybridized carbons (Fsp3) is 0. The molecular formula is C15H10BrClN2S. The van der Waals surface area contributed by atoms with Crippen molar-refractivity contribution in [3.8, 4) is 11.3 Å². The second-order valence-corrected chi connectivity index (χ2v) is 6.39. The Bertz CT molecular complexity index is 742. The highest BCUT2D eigenvalue weighted by atomic mass is 79.9. The van der Waals surface area contributed by atoms with Crippen LogP contribution >= 0.6 is 38.9 Å². The van der Waals surface area contributed by atoms with Crippen molar-refractivity contribution in [3.05, 3.63) is 63.4 Å². The van der Waals surface area contributed by atoms with E-state index in [2.05, 4.69) is 32.3 Å².